The Morgan fingerprint density at radius 1 is 0.815 bits per heavy atom. The molecule has 1 amide bonds. The maximum absolute atomic E-state index is 13.4. The van der Waals surface area contributed by atoms with E-state index in [1.807, 2.05) is 37.3 Å². The molecule has 0 radical (unpaired) electrons. The lowest BCUT2D eigenvalue weighted by Crippen LogP contribution is -2.45. The van der Waals surface area contributed by atoms with E-state index < -0.39 is 5.97 Å². The third-order valence-corrected chi connectivity index (χ3v) is 8.63. The van der Waals surface area contributed by atoms with Crippen molar-refractivity contribution in [2.45, 2.75) is 45.9 Å². The van der Waals surface area contributed by atoms with Crippen molar-refractivity contribution in [3.63, 3.8) is 0 Å². The van der Waals surface area contributed by atoms with Crippen LogP contribution in [0.4, 0.5) is 4.39 Å². The highest BCUT2D eigenvalue weighted by atomic mass is 19.1. The molecule has 1 aliphatic rings. The van der Waals surface area contributed by atoms with E-state index in [1.165, 1.54) is 25.4 Å². The van der Waals surface area contributed by atoms with Crippen molar-refractivity contribution in [3.05, 3.63) is 131 Å². The van der Waals surface area contributed by atoms with Crippen molar-refractivity contribution in [2.75, 3.05) is 20.2 Å². The Bertz CT molecular complexity index is 2150. The van der Waals surface area contributed by atoms with Crippen LogP contribution >= 0.6 is 0 Å². The molecule has 14 heteroatoms. The predicted octanol–water partition coefficient (Wildman–Crippen LogP) is 6.66. The number of hydrogen-bond donors (Lipinski definition) is 2. The second-order valence-corrected chi connectivity index (χ2v) is 12.4. The molecule has 1 fully saturated rings. The van der Waals surface area contributed by atoms with Crippen LogP contribution in [-0.2, 0) is 18.0 Å². The number of esters is 1. The number of carbonyl (C=O) groups is 2. The molecule has 1 saturated heterocycles. The summed E-state index contributed by atoms with van der Waals surface area (Å²) in [5, 5.41) is 14.5. The van der Waals surface area contributed by atoms with E-state index in [0.29, 0.717) is 51.2 Å². The summed E-state index contributed by atoms with van der Waals surface area (Å²) >= 11 is 0. The fraction of sp³-hybridized carbons (Fsp3) is 0.250. The van der Waals surface area contributed by atoms with Gasteiger partial charge in [-0.3, -0.25) is 4.79 Å². The maximum Gasteiger partial charge on any atom is 0.339 e. The standard InChI is InChI=1S/C22H24N4O3.C18H15FN2O4/c1-15-19(21(26-29-15)16-6-3-2-4-7-16)14-28-20-10-9-17(12-24-20)22(27)25-18-8-5-11-23-13-18;1-11-15(17(21-25-11)12-4-3-5-14(19)8-12)10-24-16-7-6-13(9-20-16)18(22)23-2/h2-4,6-7,9-10,12,18,23H,5,8,11,13-14H2,1H3,(H,25,27);3-9H,10H2,1-2H3. The molecule has 6 aromatic rings. The first kappa shape index (κ1) is 37.4. The number of piperidine rings is 1. The van der Waals surface area contributed by atoms with E-state index in [-0.39, 0.29) is 31.0 Å². The highest BCUT2D eigenvalue weighted by Crippen LogP contribution is 2.28. The van der Waals surface area contributed by atoms with Gasteiger partial charge in [-0.1, -0.05) is 52.8 Å². The summed E-state index contributed by atoms with van der Waals surface area (Å²) in [5.74, 6) is 1.12. The quantitative estimate of drug-likeness (QED) is 0.136. The zero-order valence-electron chi connectivity index (χ0n) is 30.0. The molecule has 0 aliphatic carbocycles. The van der Waals surface area contributed by atoms with Gasteiger partial charge in [0.15, 0.2) is 0 Å². The molecule has 2 N–H and O–H groups in total. The van der Waals surface area contributed by atoms with E-state index in [4.69, 9.17) is 18.5 Å². The molecule has 2 aromatic carbocycles. The topological polar surface area (TPSA) is 164 Å². The van der Waals surface area contributed by atoms with Gasteiger partial charge in [-0.2, -0.15) is 0 Å². The fourth-order valence-electron chi connectivity index (χ4n) is 5.65. The van der Waals surface area contributed by atoms with E-state index in [2.05, 4.69) is 35.7 Å². The number of pyridine rings is 2. The van der Waals surface area contributed by atoms with Gasteiger partial charge in [0.1, 0.15) is 41.9 Å². The first-order chi connectivity index (χ1) is 26.3. The third-order valence-electron chi connectivity index (χ3n) is 8.63. The maximum atomic E-state index is 13.4. The molecule has 278 valence electrons. The van der Waals surface area contributed by atoms with Crippen LogP contribution in [0.1, 0.15) is 56.2 Å². The lowest BCUT2D eigenvalue weighted by Gasteiger charge is -2.23. The molecule has 1 atom stereocenters. The summed E-state index contributed by atoms with van der Waals surface area (Å²) < 4.78 is 40.1. The second kappa shape index (κ2) is 17.9. The number of nitrogens with one attached hydrogen (secondary N) is 2. The molecule has 0 spiro atoms. The fourth-order valence-corrected chi connectivity index (χ4v) is 5.65. The van der Waals surface area contributed by atoms with Gasteiger partial charge in [0.2, 0.25) is 11.8 Å². The molecule has 5 heterocycles. The smallest absolute Gasteiger partial charge is 0.339 e. The van der Waals surface area contributed by atoms with Gasteiger partial charge in [-0.15, -0.1) is 0 Å². The van der Waals surface area contributed by atoms with Crippen molar-refractivity contribution < 1.29 is 37.2 Å². The van der Waals surface area contributed by atoms with Crippen molar-refractivity contribution >= 4 is 11.9 Å². The summed E-state index contributed by atoms with van der Waals surface area (Å²) in [5.41, 5.74) is 5.28. The highest BCUT2D eigenvalue weighted by molar-refractivity contribution is 5.94. The largest absolute Gasteiger partial charge is 0.473 e. The Labute approximate surface area is 310 Å². The molecule has 0 bridgehead atoms. The first-order valence-electron chi connectivity index (χ1n) is 17.3. The van der Waals surface area contributed by atoms with Gasteiger partial charge < -0.3 is 33.9 Å². The van der Waals surface area contributed by atoms with Crippen LogP contribution in [0.3, 0.4) is 0 Å². The minimum absolute atomic E-state index is 0.112. The van der Waals surface area contributed by atoms with Crippen LogP contribution in [0.25, 0.3) is 22.5 Å². The molecule has 0 saturated carbocycles. The van der Waals surface area contributed by atoms with E-state index in [0.717, 1.165) is 42.8 Å². The molecular weight excluding hydrogens is 695 g/mol. The van der Waals surface area contributed by atoms with Crippen LogP contribution in [0.15, 0.2) is 100 Å². The number of carbonyl (C=O) groups excluding carboxylic acids is 2. The van der Waals surface area contributed by atoms with Crippen LogP contribution < -0.4 is 20.1 Å². The zero-order chi connectivity index (χ0) is 37.9. The van der Waals surface area contributed by atoms with Gasteiger partial charge in [0, 0.05) is 48.2 Å². The Morgan fingerprint density at radius 3 is 1.98 bits per heavy atom. The lowest BCUT2D eigenvalue weighted by atomic mass is 10.1. The van der Waals surface area contributed by atoms with Crippen molar-refractivity contribution in [1.82, 2.24) is 30.9 Å². The van der Waals surface area contributed by atoms with Gasteiger partial charge in [-0.25, -0.2) is 19.2 Å². The minimum atomic E-state index is -0.470. The van der Waals surface area contributed by atoms with E-state index in [1.54, 1.807) is 49.5 Å². The molecule has 4 aromatic heterocycles. The van der Waals surface area contributed by atoms with Gasteiger partial charge in [-0.05, 0) is 57.5 Å². The Kier molecular flexibility index (Phi) is 12.4. The average Bonchev–Trinajstić information content (AvgIpc) is 3.78. The summed E-state index contributed by atoms with van der Waals surface area (Å²) in [6.45, 7) is 5.86. The number of ether oxygens (including phenoxy) is 3. The number of hydrogen-bond acceptors (Lipinski definition) is 12. The van der Waals surface area contributed by atoms with Gasteiger partial charge >= 0.3 is 5.97 Å². The normalized spacial score (nSPS) is 13.7. The average molecular weight is 735 g/mol. The second-order valence-electron chi connectivity index (χ2n) is 12.4. The van der Waals surface area contributed by atoms with Crippen LogP contribution in [0.5, 0.6) is 11.8 Å². The van der Waals surface area contributed by atoms with Crippen LogP contribution in [-0.4, -0.2) is 58.4 Å². The minimum Gasteiger partial charge on any atom is -0.473 e. The first-order valence-corrected chi connectivity index (χ1v) is 17.3. The molecule has 1 aliphatic heterocycles. The molecular formula is C40H39FN6O7. The van der Waals surface area contributed by atoms with Gasteiger partial charge in [0.05, 0.1) is 29.4 Å². The number of halogens is 1. The van der Waals surface area contributed by atoms with Crippen molar-refractivity contribution in [1.29, 1.82) is 0 Å². The van der Waals surface area contributed by atoms with Crippen molar-refractivity contribution in [2.24, 2.45) is 0 Å². The van der Waals surface area contributed by atoms with E-state index >= 15 is 0 Å². The Hall–Kier alpha value is -6.41. The summed E-state index contributed by atoms with van der Waals surface area (Å²) in [7, 11) is 1.30. The number of benzene rings is 2. The summed E-state index contributed by atoms with van der Waals surface area (Å²) in [6, 6.07) is 22.6. The van der Waals surface area contributed by atoms with Gasteiger partial charge in [0.25, 0.3) is 5.91 Å². The molecule has 7 rings (SSSR count). The number of nitrogens with zero attached hydrogens (tertiary/aromatic N) is 4. The molecule has 13 nitrogen and oxygen atoms in total. The number of amides is 1. The Balaban J connectivity index is 0.000000186. The number of methoxy groups -OCH3 is 1. The van der Waals surface area contributed by atoms with Crippen molar-refractivity contribution in [3.8, 4) is 34.3 Å². The van der Waals surface area contributed by atoms with Crippen LogP contribution in [0.2, 0.25) is 0 Å². The lowest BCUT2D eigenvalue weighted by molar-refractivity contribution is 0.0600. The number of aromatic nitrogens is 4. The highest BCUT2D eigenvalue weighted by Gasteiger charge is 2.19. The number of aryl methyl sites for hydroxylation is 2. The van der Waals surface area contributed by atoms with Crippen LogP contribution in [0, 0.1) is 19.7 Å². The SMILES string of the molecule is COC(=O)c1ccc(OCc2c(-c3cccc(F)c3)noc2C)nc1.Cc1onc(-c2ccccc2)c1COc1ccc(C(=O)NC2CCCNC2)cn1. The zero-order valence-corrected chi connectivity index (χ0v) is 30.0. The Morgan fingerprint density at radius 2 is 1.43 bits per heavy atom. The van der Waals surface area contributed by atoms with E-state index in [9.17, 15) is 14.0 Å². The summed E-state index contributed by atoms with van der Waals surface area (Å²) in [4.78, 5) is 32.1. The number of rotatable bonds is 11. The molecule has 1 unspecified atom stereocenters. The summed E-state index contributed by atoms with van der Waals surface area (Å²) in [6.07, 6.45) is 4.98. The predicted molar refractivity (Wildman–Crippen MR) is 195 cm³/mol. The molecule has 54 heavy (non-hydrogen) atoms. The monoisotopic (exact) mass is 734 g/mol. The third kappa shape index (κ3) is 9.52.